The molecule has 0 spiro atoms. The van der Waals surface area contributed by atoms with Gasteiger partial charge in [-0.2, -0.15) is 5.10 Å². The van der Waals surface area contributed by atoms with Crippen LogP contribution in [0.15, 0.2) is 48.5 Å². The molecular formula is C26H32N2O4. The third-order valence-electron chi connectivity index (χ3n) is 4.92. The smallest absolute Gasteiger partial charge is 0.307 e. The van der Waals surface area contributed by atoms with Crippen molar-refractivity contribution >= 4 is 5.97 Å². The average Bonchev–Trinajstić information content (AvgIpc) is 3.15. The molecule has 0 aliphatic carbocycles. The van der Waals surface area contributed by atoms with Gasteiger partial charge in [0.05, 0.1) is 31.0 Å². The van der Waals surface area contributed by atoms with Crippen molar-refractivity contribution in [1.29, 1.82) is 0 Å². The molecule has 1 heterocycles. The Morgan fingerprint density at radius 3 is 2.47 bits per heavy atom. The number of carboxylic acid groups (broad SMARTS) is 1. The number of aliphatic carboxylic acids is 1. The van der Waals surface area contributed by atoms with Gasteiger partial charge in [-0.3, -0.25) is 9.48 Å². The minimum absolute atomic E-state index is 0.0478. The fourth-order valence-electron chi connectivity index (χ4n) is 3.61. The predicted molar refractivity (Wildman–Crippen MR) is 126 cm³/mol. The van der Waals surface area contributed by atoms with Crippen molar-refractivity contribution in [2.45, 2.75) is 47.1 Å². The van der Waals surface area contributed by atoms with Gasteiger partial charge < -0.3 is 14.6 Å². The first-order valence-electron chi connectivity index (χ1n) is 11.2. The lowest BCUT2D eigenvalue weighted by molar-refractivity contribution is -0.136. The van der Waals surface area contributed by atoms with Gasteiger partial charge in [-0.25, -0.2) is 0 Å². The lowest BCUT2D eigenvalue weighted by Gasteiger charge is -2.13. The second-order valence-corrected chi connectivity index (χ2v) is 8.17. The van der Waals surface area contributed by atoms with Crippen LogP contribution in [0.4, 0.5) is 0 Å². The van der Waals surface area contributed by atoms with Gasteiger partial charge in [-0.15, -0.1) is 0 Å². The molecule has 0 radical (unpaired) electrons. The van der Waals surface area contributed by atoms with E-state index in [0.717, 1.165) is 41.2 Å². The lowest BCUT2D eigenvalue weighted by atomic mass is 10.0. The summed E-state index contributed by atoms with van der Waals surface area (Å²) in [5.74, 6) is 1.05. The van der Waals surface area contributed by atoms with Crippen LogP contribution in [0, 0.1) is 5.92 Å². The fourth-order valence-corrected chi connectivity index (χ4v) is 3.61. The van der Waals surface area contributed by atoms with Crippen LogP contribution in [0.1, 0.15) is 39.7 Å². The van der Waals surface area contributed by atoms with Crippen LogP contribution in [-0.4, -0.2) is 34.1 Å². The molecule has 0 bridgehead atoms. The van der Waals surface area contributed by atoms with Crippen LogP contribution in [0.5, 0.6) is 11.5 Å². The number of ether oxygens (including phenoxy) is 2. The number of aromatic nitrogens is 2. The van der Waals surface area contributed by atoms with Crippen molar-refractivity contribution < 1.29 is 19.4 Å². The number of benzene rings is 2. The second-order valence-electron chi connectivity index (χ2n) is 8.17. The number of nitrogens with zero attached hydrogens (tertiary/aromatic N) is 2. The Balaban J connectivity index is 2.15. The Kier molecular flexibility index (Phi) is 7.92. The molecule has 0 atom stereocenters. The van der Waals surface area contributed by atoms with Gasteiger partial charge in [0.25, 0.3) is 0 Å². The van der Waals surface area contributed by atoms with E-state index in [4.69, 9.17) is 14.6 Å². The number of hydrogen-bond acceptors (Lipinski definition) is 4. The van der Waals surface area contributed by atoms with Gasteiger partial charge in [-0.05, 0) is 55.2 Å². The van der Waals surface area contributed by atoms with Crippen LogP contribution in [0.3, 0.4) is 0 Å². The predicted octanol–water partition coefficient (Wildman–Crippen LogP) is 5.69. The van der Waals surface area contributed by atoms with E-state index >= 15 is 0 Å². The topological polar surface area (TPSA) is 73.6 Å². The minimum Gasteiger partial charge on any atom is -0.493 e. The number of rotatable bonds is 11. The highest BCUT2D eigenvalue weighted by atomic mass is 16.5. The monoisotopic (exact) mass is 436 g/mol. The molecule has 0 aliphatic heterocycles. The summed E-state index contributed by atoms with van der Waals surface area (Å²) in [4.78, 5) is 11.3. The molecule has 3 aromatic rings. The fraction of sp³-hybridized carbons (Fsp3) is 0.385. The number of hydrogen-bond donors (Lipinski definition) is 1. The molecule has 32 heavy (non-hydrogen) atoms. The molecule has 0 unspecified atom stereocenters. The number of carbonyl (C=O) groups is 1. The standard InChI is InChI=1S/C26H32N2O4/c1-5-13-32-25-12-11-19(15-26(29)30)14-21(25)22-16-23(28(27-22)17-18(3)4)20-9-7-8-10-24(20)31-6-2/h7-12,14,16,18H,5-6,13,15,17H2,1-4H3,(H,29,30). The van der Waals surface area contributed by atoms with E-state index in [1.165, 1.54) is 0 Å². The summed E-state index contributed by atoms with van der Waals surface area (Å²) in [7, 11) is 0. The summed E-state index contributed by atoms with van der Waals surface area (Å²) in [6.45, 7) is 10.2. The molecule has 0 amide bonds. The van der Waals surface area contributed by atoms with Gasteiger partial charge in [0.15, 0.2) is 0 Å². The van der Waals surface area contributed by atoms with Crippen molar-refractivity contribution in [2.75, 3.05) is 13.2 Å². The summed E-state index contributed by atoms with van der Waals surface area (Å²) in [6, 6.07) is 15.5. The zero-order valence-corrected chi connectivity index (χ0v) is 19.3. The summed E-state index contributed by atoms with van der Waals surface area (Å²) in [5, 5.41) is 14.2. The van der Waals surface area contributed by atoms with E-state index < -0.39 is 5.97 Å². The van der Waals surface area contributed by atoms with E-state index in [2.05, 4.69) is 20.8 Å². The van der Waals surface area contributed by atoms with Crippen molar-refractivity contribution in [1.82, 2.24) is 9.78 Å². The van der Waals surface area contributed by atoms with Gasteiger partial charge in [-0.1, -0.05) is 39.0 Å². The highest BCUT2D eigenvalue weighted by Gasteiger charge is 2.19. The van der Waals surface area contributed by atoms with Crippen molar-refractivity contribution in [3.8, 4) is 34.0 Å². The quantitative estimate of drug-likeness (QED) is 0.418. The molecule has 1 N–H and O–H groups in total. The maximum atomic E-state index is 11.3. The molecule has 1 aromatic heterocycles. The molecule has 3 rings (SSSR count). The Labute approximate surface area is 189 Å². The van der Waals surface area contributed by atoms with Crippen LogP contribution in [0.2, 0.25) is 0 Å². The van der Waals surface area contributed by atoms with Crippen LogP contribution >= 0.6 is 0 Å². The van der Waals surface area contributed by atoms with Gasteiger partial charge >= 0.3 is 5.97 Å². The highest BCUT2D eigenvalue weighted by molar-refractivity contribution is 5.77. The van der Waals surface area contributed by atoms with E-state index in [0.29, 0.717) is 30.4 Å². The summed E-state index contributed by atoms with van der Waals surface area (Å²) in [5.41, 5.74) is 4.21. The highest BCUT2D eigenvalue weighted by Crippen LogP contribution is 2.36. The Morgan fingerprint density at radius 1 is 1.03 bits per heavy atom. The molecule has 6 nitrogen and oxygen atoms in total. The second kappa shape index (κ2) is 10.8. The van der Waals surface area contributed by atoms with Gasteiger partial charge in [0.2, 0.25) is 0 Å². The number of para-hydroxylation sites is 1. The van der Waals surface area contributed by atoms with Crippen LogP contribution in [0.25, 0.3) is 22.5 Å². The van der Waals surface area contributed by atoms with E-state index in [-0.39, 0.29) is 6.42 Å². The van der Waals surface area contributed by atoms with Crippen LogP contribution < -0.4 is 9.47 Å². The first kappa shape index (κ1) is 23.4. The van der Waals surface area contributed by atoms with Crippen molar-refractivity contribution in [2.24, 2.45) is 5.92 Å². The van der Waals surface area contributed by atoms with E-state index in [1.54, 1.807) is 6.07 Å². The maximum absolute atomic E-state index is 11.3. The molecule has 0 saturated heterocycles. The summed E-state index contributed by atoms with van der Waals surface area (Å²) >= 11 is 0. The Morgan fingerprint density at radius 2 is 1.78 bits per heavy atom. The Bertz CT molecular complexity index is 1060. The van der Waals surface area contributed by atoms with Gasteiger partial charge in [0.1, 0.15) is 11.5 Å². The Hall–Kier alpha value is -3.28. The van der Waals surface area contributed by atoms with Crippen LogP contribution in [-0.2, 0) is 17.8 Å². The number of carboxylic acids is 1. The average molecular weight is 437 g/mol. The minimum atomic E-state index is -0.866. The van der Waals surface area contributed by atoms with Crippen molar-refractivity contribution in [3.63, 3.8) is 0 Å². The zero-order chi connectivity index (χ0) is 23.1. The molecule has 2 aromatic carbocycles. The molecule has 6 heteroatoms. The maximum Gasteiger partial charge on any atom is 0.307 e. The molecule has 0 fully saturated rings. The molecule has 0 aliphatic rings. The van der Waals surface area contributed by atoms with E-state index in [9.17, 15) is 9.90 Å². The molecule has 170 valence electrons. The third kappa shape index (κ3) is 5.69. The first-order valence-corrected chi connectivity index (χ1v) is 11.2. The van der Waals surface area contributed by atoms with Crippen molar-refractivity contribution in [3.05, 3.63) is 54.1 Å². The summed E-state index contributed by atoms with van der Waals surface area (Å²) in [6.07, 6.45) is 0.832. The van der Waals surface area contributed by atoms with Gasteiger partial charge in [0, 0.05) is 17.7 Å². The molecular weight excluding hydrogens is 404 g/mol. The largest absolute Gasteiger partial charge is 0.493 e. The SMILES string of the molecule is CCCOc1ccc(CC(=O)O)cc1-c1cc(-c2ccccc2OCC)n(CC(C)C)n1. The summed E-state index contributed by atoms with van der Waals surface area (Å²) < 4.78 is 13.9. The normalized spacial score (nSPS) is 11.0. The molecule has 0 saturated carbocycles. The third-order valence-corrected chi connectivity index (χ3v) is 4.92. The van der Waals surface area contributed by atoms with E-state index in [1.807, 2.05) is 54.1 Å². The zero-order valence-electron chi connectivity index (χ0n) is 19.3. The lowest BCUT2D eigenvalue weighted by Crippen LogP contribution is -2.08. The first-order chi connectivity index (χ1) is 15.4.